The van der Waals surface area contributed by atoms with Crippen molar-refractivity contribution in [2.45, 2.75) is 97.3 Å². The molecular weight excluding hydrogens is 636 g/mol. The van der Waals surface area contributed by atoms with Crippen LogP contribution in [0.5, 0.6) is 0 Å². The fourth-order valence-electron chi connectivity index (χ4n) is 4.86. The number of hydrogen-bond acceptors (Lipinski definition) is 2. The minimum absolute atomic E-state index is 0.129. The summed E-state index contributed by atoms with van der Waals surface area (Å²) in [5.41, 5.74) is -0.334. The number of halogens is 7. The van der Waals surface area contributed by atoms with Gasteiger partial charge in [-0.15, -0.1) is 0 Å². The van der Waals surface area contributed by atoms with Crippen molar-refractivity contribution in [1.82, 2.24) is 0 Å². The first-order valence-corrected chi connectivity index (χ1v) is 20.9. The number of methoxy groups -OCH3 is 1. The van der Waals surface area contributed by atoms with Crippen LogP contribution in [0.15, 0.2) is 40.0 Å². The van der Waals surface area contributed by atoms with Crippen LogP contribution in [0.3, 0.4) is 0 Å². The quantitative estimate of drug-likeness (QED) is 0.0711. The van der Waals surface area contributed by atoms with Gasteiger partial charge >= 0.3 is 232 Å². The molecule has 0 radical (unpaired) electrons. The molecule has 0 heterocycles. The van der Waals surface area contributed by atoms with Crippen molar-refractivity contribution in [3.8, 4) is 0 Å². The molecule has 0 aliphatic carbocycles. The maximum absolute atomic E-state index is 16.2. The third kappa shape index (κ3) is 8.42. The molecule has 0 spiro atoms. The van der Waals surface area contributed by atoms with Gasteiger partial charge in [0, 0.05) is 0 Å². The Kier molecular flexibility index (Phi) is 14.3. The Morgan fingerprint density at radius 3 is 1.76 bits per heavy atom. The summed E-state index contributed by atoms with van der Waals surface area (Å²) in [7, 11) is 1.09. The summed E-state index contributed by atoms with van der Waals surface area (Å²) in [5, 5.41) is 0.281. The number of esters is 1. The number of rotatable bonds is 17. The van der Waals surface area contributed by atoms with Gasteiger partial charge < -0.3 is 0 Å². The normalized spacial score (nSPS) is 13.5. The average Bonchev–Trinajstić information content (AvgIpc) is 2.88. The predicted octanol–water partition coefficient (Wildman–Crippen LogP) is 10.1. The molecule has 0 unspecified atom stereocenters. The van der Waals surface area contributed by atoms with Gasteiger partial charge in [0.15, 0.2) is 0 Å². The molecule has 0 saturated heterocycles. The van der Waals surface area contributed by atoms with Crippen LogP contribution in [0.1, 0.15) is 71.3 Å². The van der Waals surface area contributed by atoms with Crippen molar-refractivity contribution in [3.05, 3.63) is 50.6 Å². The SMILES string of the molecule is C=C(C/C(=[C](\C(F)(F)C(F)(F)C(F)F)[Sn]([CH2]CCC)([CH2]CCC)[CH2]CCC)c1ccc(Cl)cc1)C(=O)OC. The number of unbranched alkanes of at least 4 members (excludes halogenated alkanes) is 3. The molecule has 0 saturated carbocycles. The van der Waals surface area contributed by atoms with E-state index in [1.807, 2.05) is 20.8 Å². The van der Waals surface area contributed by atoms with Crippen molar-refractivity contribution in [2.75, 3.05) is 7.11 Å². The van der Waals surface area contributed by atoms with E-state index in [1.165, 1.54) is 24.3 Å². The van der Waals surface area contributed by atoms with E-state index in [9.17, 15) is 22.4 Å². The molecule has 0 fully saturated rings. The van der Waals surface area contributed by atoms with E-state index in [4.69, 9.17) is 16.3 Å². The Morgan fingerprint density at radius 1 is 0.947 bits per heavy atom. The van der Waals surface area contributed by atoms with Gasteiger partial charge in [0.25, 0.3) is 0 Å². The van der Waals surface area contributed by atoms with Gasteiger partial charge in [-0.2, -0.15) is 0 Å². The summed E-state index contributed by atoms with van der Waals surface area (Å²) in [6.07, 6.45) is -1.60. The van der Waals surface area contributed by atoms with E-state index >= 15 is 8.78 Å². The number of carbonyl (C=O) groups excluding carboxylic acids is 1. The van der Waals surface area contributed by atoms with Gasteiger partial charge in [0.05, 0.1) is 0 Å². The average molecular weight is 676 g/mol. The zero-order valence-electron chi connectivity index (χ0n) is 22.6. The predicted molar refractivity (Wildman–Crippen MR) is 145 cm³/mol. The van der Waals surface area contributed by atoms with Crippen molar-refractivity contribution in [3.63, 3.8) is 0 Å². The first-order chi connectivity index (χ1) is 17.7. The van der Waals surface area contributed by atoms with Crippen LogP contribution in [-0.2, 0) is 9.53 Å². The van der Waals surface area contributed by atoms with Crippen molar-refractivity contribution >= 4 is 41.5 Å². The van der Waals surface area contributed by atoms with E-state index in [-0.39, 0.29) is 21.7 Å². The van der Waals surface area contributed by atoms with E-state index in [1.54, 1.807) is 0 Å². The molecule has 216 valence electrons. The van der Waals surface area contributed by atoms with E-state index in [0.29, 0.717) is 51.8 Å². The van der Waals surface area contributed by atoms with Gasteiger partial charge in [-0.3, -0.25) is 0 Å². The van der Waals surface area contributed by atoms with Crippen LogP contribution in [0.25, 0.3) is 5.57 Å². The van der Waals surface area contributed by atoms with Crippen LogP contribution < -0.4 is 0 Å². The van der Waals surface area contributed by atoms with Crippen LogP contribution in [0.4, 0.5) is 26.3 Å². The number of hydrogen-bond donors (Lipinski definition) is 0. The fourth-order valence-corrected chi connectivity index (χ4v) is 23.0. The second kappa shape index (κ2) is 15.6. The summed E-state index contributed by atoms with van der Waals surface area (Å²) in [6, 6.07) is 5.63. The summed E-state index contributed by atoms with van der Waals surface area (Å²) in [5.74, 6) is -11.6. The van der Waals surface area contributed by atoms with Crippen LogP contribution >= 0.6 is 11.6 Å². The van der Waals surface area contributed by atoms with Crippen molar-refractivity contribution < 1.29 is 35.9 Å². The van der Waals surface area contributed by atoms with E-state index in [0.717, 1.165) is 7.11 Å². The molecule has 1 aromatic rings. The molecule has 0 aliphatic heterocycles. The number of carbonyl (C=O) groups is 1. The van der Waals surface area contributed by atoms with E-state index in [2.05, 4.69) is 6.58 Å². The zero-order chi connectivity index (χ0) is 29.1. The first kappa shape index (κ1) is 34.9. The summed E-state index contributed by atoms with van der Waals surface area (Å²) in [4.78, 5) is 12.3. The molecule has 0 aromatic heterocycles. The number of alkyl halides is 6. The molecule has 0 atom stereocenters. The standard InChI is InChI=1S/C16H12ClF6O2.3C4H9.Sn/c1-9(13(24)25-2)7-11(10-3-5-12(17)6-4-10)8-15(20,21)16(22,23)14(18)19;3*1-3-4-2;/h3-6,14H,1,7H2,2H3;3*1,3-4H2,2H3;. The Morgan fingerprint density at radius 2 is 1.39 bits per heavy atom. The first-order valence-electron chi connectivity index (χ1n) is 13.1. The number of ether oxygens (including phenoxy) is 1. The number of allylic oxidation sites excluding steroid dienone is 2. The van der Waals surface area contributed by atoms with Gasteiger partial charge in [-0.1, -0.05) is 0 Å². The molecule has 0 N–H and O–H groups in total. The van der Waals surface area contributed by atoms with Crippen LogP contribution in [0.2, 0.25) is 18.3 Å². The van der Waals surface area contributed by atoms with Gasteiger partial charge in [0.1, 0.15) is 0 Å². The molecule has 1 rings (SSSR count). The van der Waals surface area contributed by atoms with E-state index < -0.39 is 52.6 Å². The second-order valence-corrected chi connectivity index (χ2v) is 23.2. The third-order valence-corrected chi connectivity index (χ3v) is 23.2. The summed E-state index contributed by atoms with van der Waals surface area (Å²) in [6.45, 7) is 9.29. The van der Waals surface area contributed by atoms with Crippen molar-refractivity contribution in [1.29, 1.82) is 0 Å². The van der Waals surface area contributed by atoms with Gasteiger partial charge in [-0.05, 0) is 0 Å². The third-order valence-electron chi connectivity index (χ3n) is 6.92. The monoisotopic (exact) mass is 676 g/mol. The van der Waals surface area contributed by atoms with Gasteiger partial charge in [-0.25, -0.2) is 0 Å². The van der Waals surface area contributed by atoms with Gasteiger partial charge in [0.2, 0.25) is 0 Å². The second-order valence-electron chi connectivity index (χ2n) is 9.72. The summed E-state index contributed by atoms with van der Waals surface area (Å²) >= 11 is 1.41. The minimum atomic E-state index is -5.60. The molecule has 1 aromatic carbocycles. The Bertz CT molecular complexity index is 925. The Balaban J connectivity index is 4.33. The molecule has 2 nitrogen and oxygen atoms in total. The molecule has 38 heavy (non-hydrogen) atoms. The molecular formula is C28H39ClF6O2Sn. The van der Waals surface area contributed by atoms with Crippen LogP contribution in [0, 0.1) is 0 Å². The summed E-state index contributed by atoms with van der Waals surface area (Å²) < 4.78 is 94.4. The Hall–Kier alpha value is -1.16. The Labute approximate surface area is 231 Å². The topological polar surface area (TPSA) is 26.3 Å². The zero-order valence-corrected chi connectivity index (χ0v) is 26.2. The fraction of sp³-hybridized carbons (Fsp3) is 0.607. The number of benzene rings is 1. The maximum atomic E-state index is 16.2. The molecule has 0 amide bonds. The molecule has 0 aliphatic rings. The molecule has 10 heteroatoms. The van der Waals surface area contributed by atoms with Crippen LogP contribution in [-0.4, -0.2) is 49.7 Å². The molecule has 0 bridgehead atoms. The van der Waals surface area contributed by atoms with Crippen molar-refractivity contribution in [2.24, 2.45) is 0 Å².